The molecular weight excluding hydrogens is 395 g/mol. The van der Waals surface area contributed by atoms with Gasteiger partial charge in [0.25, 0.3) is 5.56 Å². The Morgan fingerprint density at radius 1 is 1.11 bits per heavy atom. The average molecular weight is 410 g/mol. The maximum atomic E-state index is 13.7. The van der Waals surface area contributed by atoms with Gasteiger partial charge in [-0.3, -0.25) is 4.79 Å². The van der Waals surface area contributed by atoms with Crippen molar-refractivity contribution in [2.24, 2.45) is 0 Å². The predicted octanol–water partition coefficient (Wildman–Crippen LogP) is 4.82. The molecule has 1 aromatic heterocycles. The van der Waals surface area contributed by atoms with E-state index in [0.717, 1.165) is 18.2 Å². The van der Waals surface area contributed by atoms with E-state index in [2.05, 4.69) is 10.3 Å². The topological polar surface area (TPSA) is 65.2 Å². The Morgan fingerprint density at radius 3 is 2.39 bits per heavy atom. The number of fused-ring (bicyclic) bond motifs is 1. The molecule has 0 aliphatic heterocycles. The molecule has 2 N–H and O–H groups in total. The fourth-order valence-corrected chi connectivity index (χ4v) is 2.97. The number of benzene rings is 2. The van der Waals surface area contributed by atoms with Gasteiger partial charge in [0.1, 0.15) is 5.82 Å². The Bertz CT molecular complexity index is 1130. The van der Waals surface area contributed by atoms with E-state index in [1.165, 1.54) is 30.3 Å². The molecule has 0 aliphatic carbocycles. The molecule has 0 bridgehead atoms. The van der Waals surface area contributed by atoms with Crippen LogP contribution in [0.25, 0.3) is 10.8 Å². The zero-order valence-corrected chi connectivity index (χ0v) is 15.6. The van der Waals surface area contributed by atoms with Gasteiger partial charge in [-0.15, -0.1) is 0 Å². The molecule has 0 saturated carbocycles. The highest BCUT2D eigenvalue weighted by molar-refractivity contribution is 6.31. The summed E-state index contributed by atoms with van der Waals surface area (Å²) in [6.07, 6.45) is 1.35. The summed E-state index contributed by atoms with van der Waals surface area (Å²) in [6.45, 7) is 1.66. The summed E-state index contributed by atoms with van der Waals surface area (Å²) >= 11 is 5.70. The third-order valence-corrected chi connectivity index (χ3v) is 4.79. The van der Waals surface area contributed by atoms with E-state index < -0.39 is 35.1 Å². The molecule has 3 aromatic rings. The molecule has 0 radical (unpaired) electrons. The number of rotatable bonds is 3. The Labute approximate surface area is 162 Å². The quantitative estimate of drug-likeness (QED) is 0.651. The van der Waals surface area contributed by atoms with Crippen molar-refractivity contribution < 1.29 is 18.0 Å². The number of urea groups is 1. The monoisotopic (exact) mass is 409 g/mol. The number of aromatic amines is 1. The van der Waals surface area contributed by atoms with Gasteiger partial charge in [-0.1, -0.05) is 11.6 Å². The lowest BCUT2D eigenvalue weighted by molar-refractivity contribution is 0.208. The third kappa shape index (κ3) is 3.68. The van der Waals surface area contributed by atoms with Gasteiger partial charge in [0, 0.05) is 18.9 Å². The van der Waals surface area contributed by atoms with Crippen LogP contribution >= 0.6 is 11.6 Å². The Morgan fingerprint density at radius 2 is 1.75 bits per heavy atom. The van der Waals surface area contributed by atoms with E-state index in [1.54, 1.807) is 6.92 Å². The average Bonchev–Trinajstić information content (AvgIpc) is 2.65. The highest BCUT2D eigenvalue weighted by Crippen LogP contribution is 2.27. The number of nitrogens with zero attached hydrogens (tertiary/aromatic N) is 1. The van der Waals surface area contributed by atoms with Crippen LogP contribution in [0.3, 0.4) is 0 Å². The summed E-state index contributed by atoms with van der Waals surface area (Å²) in [5, 5.41) is 2.60. The molecule has 0 spiro atoms. The Hall–Kier alpha value is -3.00. The standard InChI is InChI=1S/C19H15ClF3N3O2/c1-9(26(2)19(28)25-10-3-4-15(21)14(20)5-10)13-8-24-18(27)12-7-17(23)16(22)6-11(12)13/h3-9H,1-2H3,(H,24,27)(H,25,28). The van der Waals surface area contributed by atoms with E-state index in [0.29, 0.717) is 5.56 Å². The van der Waals surface area contributed by atoms with Crippen molar-refractivity contribution in [2.75, 3.05) is 12.4 Å². The normalized spacial score (nSPS) is 12.1. The minimum Gasteiger partial charge on any atom is -0.328 e. The molecule has 0 saturated heterocycles. The predicted molar refractivity (Wildman–Crippen MR) is 101 cm³/mol. The summed E-state index contributed by atoms with van der Waals surface area (Å²) in [5.41, 5.74) is 0.135. The van der Waals surface area contributed by atoms with Gasteiger partial charge in [0.2, 0.25) is 0 Å². The molecule has 0 aliphatic rings. The second kappa shape index (κ2) is 7.55. The summed E-state index contributed by atoms with van der Waals surface area (Å²) in [5.74, 6) is -2.85. The van der Waals surface area contributed by atoms with Gasteiger partial charge < -0.3 is 15.2 Å². The number of halogens is 4. The number of aromatic nitrogens is 1. The Balaban J connectivity index is 1.92. The first-order valence-electron chi connectivity index (χ1n) is 8.18. The van der Waals surface area contributed by atoms with E-state index in [1.807, 2.05) is 0 Å². The fraction of sp³-hybridized carbons (Fsp3) is 0.158. The van der Waals surface area contributed by atoms with E-state index in [9.17, 15) is 22.8 Å². The first kappa shape index (κ1) is 19.8. The number of hydrogen-bond donors (Lipinski definition) is 2. The van der Waals surface area contributed by atoms with Crippen molar-refractivity contribution in [2.45, 2.75) is 13.0 Å². The van der Waals surface area contributed by atoms with Crippen LogP contribution in [0.4, 0.5) is 23.7 Å². The number of H-pyrrole nitrogens is 1. The van der Waals surface area contributed by atoms with E-state index in [-0.39, 0.29) is 21.5 Å². The molecule has 9 heteroatoms. The van der Waals surface area contributed by atoms with Crippen molar-refractivity contribution in [1.29, 1.82) is 0 Å². The number of anilines is 1. The molecule has 146 valence electrons. The number of carbonyl (C=O) groups excluding carboxylic acids is 1. The summed E-state index contributed by atoms with van der Waals surface area (Å²) in [7, 11) is 1.49. The molecule has 2 amide bonds. The number of hydrogen-bond acceptors (Lipinski definition) is 2. The van der Waals surface area contributed by atoms with Crippen LogP contribution in [-0.4, -0.2) is 23.0 Å². The first-order chi connectivity index (χ1) is 13.2. The minimum atomic E-state index is -1.14. The smallest absolute Gasteiger partial charge is 0.322 e. The van der Waals surface area contributed by atoms with Crippen LogP contribution in [0.2, 0.25) is 5.02 Å². The summed E-state index contributed by atoms with van der Waals surface area (Å²) in [4.78, 5) is 28.2. The summed E-state index contributed by atoms with van der Waals surface area (Å²) < 4.78 is 40.5. The molecular formula is C19H15ClF3N3O2. The van der Waals surface area contributed by atoms with E-state index >= 15 is 0 Å². The van der Waals surface area contributed by atoms with Crippen LogP contribution in [-0.2, 0) is 0 Å². The highest BCUT2D eigenvalue weighted by atomic mass is 35.5. The molecule has 1 heterocycles. The third-order valence-electron chi connectivity index (χ3n) is 4.50. The second-order valence-corrected chi connectivity index (χ2v) is 6.64. The van der Waals surface area contributed by atoms with Crippen molar-refractivity contribution in [1.82, 2.24) is 9.88 Å². The number of carbonyl (C=O) groups is 1. The lowest BCUT2D eigenvalue weighted by Gasteiger charge is -2.26. The lowest BCUT2D eigenvalue weighted by atomic mass is 10.0. The van der Waals surface area contributed by atoms with Crippen molar-refractivity contribution in [3.8, 4) is 0 Å². The van der Waals surface area contributed by atoms with Crippen LogP contribution in [0.5, 0.6) is 0 Å². The number of amides is 2. The molecule has 2 aromatic carbocycles. The molecule has 5 nitrogen and oxygen atoms in total. The molecule has 28 heavy (non-hydrogen) atoms. The SMILES string of the molecule is CC(c1c[nH]c(=O)c2cc(F)c(F)cc12)N(C)C(=O)Nc1ccc(F)c(Cl)c1. The van der Waals surface area contributed by atoms with E-state index in [4.69, 9.17) is 11.6 Å². The lowest BCUT2D eigenvalue weighted by Crippen LogP contribution is -2.34. The van der Waals surface area contributed by atoms with Crippen LogP contribution in [0.15, 0.2) is 41.3 Å². The van der Waals surface area contributed by atoms with Crippen molar-refractivity contribution in [3.63, 3.8) is 0 Å². The molecule has 1 atom stereocenters. The van der Waals surface area contributed by atoms with Crippen molar-refractivity contribution >= 4 is 34.1 Å². The van der Waals surface area contributed by atoms with Gasteiger partial charge in [-0.05, 0) is 48.2 Å². The number of nitrogens with one attached hydrogen (secondary N) is 2. The van der Waals surface area contributed by atoms with Crippen LogP contribution < -0.4 is 10.9 Å². The number of pyridine rings is 1. The zero-order chi connectivity index (χ0) is 20.6. The van der Waals surface area contributed by atoms with Gasteiger partial charge >= 0.3 is 6.03 Å². The van der Waals surface area contributed by atoms with Crippen LogP contribution in [0.1, 0.15) is 18.5 Å². The van der Waals surface area contributed by atoms with Crippen molar-refractivity contribution in [3.05, 3.63) is 74.9 Å². The van der Waals surface area contributed by atoms with Gasteiger partial charge in [-0.25, -0.2) is 18.0 Å². The molecule has 1 unspecified atom stereocenters. The Kier molecular flexibility index (Phi) is 5.33. The molecule has 3 rings (SSSR count). The summed E-state index contributed by atoms with van der Waals surface area (Å²) in [6, 6.07) is 4.33. The zero-order valence-electron chi connectivity index (χ0n) is 14.8. The van der Waals surface area contributed by atoms with Gasteiger partial charge in [-0.2, -0.15) is 0 Å². The van der Waals surface area contributed by atoms with Gasteiger partial charge in [0.15, 0.2) is 11.6 Å². The highest BCUT2D eigenvalue weighted by Gasteiger charge is 2.21. The maximum Gasteiger partial charge on any atom is 0.322 e. The largest absolute Gasteiger partial charge is 0.328 e. The molecule has 0 fully saturated rings. The maximum absolute atomic E-state index is 13.7. The van der Waals surface area contributed by atoms with Crippen LogP contribution in [0, 0.1) is 17.5 Å². The van der Waals surface area contributed by atoms with Gasteiger partial charge in [0.05, 0.1) is 16.5 Å². The minimum absolute atomic E-state index is 0.0256. The fourth-order valence-electron chi connectivity index (χ4n) is 2.79. The second-order valence-electron chi connectivity index (χ2n) is 6.23. The first-order valence-corrected chi connectivity index (χ1v) is 8.56.